The van der Waals surface area contributed by atoms with Gasteiger partial charge in [-0.3, -0.25) is 0 Å². The van der Waals surface area contributed by atoms with Crippen molar-refractivity contribution in [2.75, 3.05) is 6.61 Å². The summed E-state index contributed by atoms with van der Waals surface area (Å²) < 4.78 is 6.72. The maximum Gasteiger partial charge on any atom is 0.361 e. The second-order valence-electron chi connectivity index (χ2n) is 4.49. The lowest BCUT2D eigenvalue weighted by Crippen LogP contribution is -2.12. The minimum absolute atomic E-state index is 0.192. The largest absolute Gasteiger partial charge is 0.457 e. The molecule has 18 heavy (non-hydrogen) atoms. The fourth-order valence-electron chi connectivity index (χ4n) is 1.80. The Morgan fingerprint density at radius 3 is 2.94 bits per heavy atom. The molecule has 0 spiro atoms. The van der Waals surface area contributed by atoms with Crippen molar-refractivity contribution in [2.45, 2.75) is 40.2 Å². The van der Waals surface area contributed by atoms with Gasteiger partial charge in [0, 0.05) is 6.54 Å². The zero-order valence-electron chi connectivity index (χ0n) is 11.3. The van der Waals surface area contributed by atoms with E-state index in [-0.39, 0.29) is 6.61 Å². The molecule has 0 aliphatic carbocycles. The number of aromatic nitrogens is 3. The Bertz CT molecular complexity index is 412. The van der Waals surface area contributed by atoms with Crippen molar-refractivity contribution in [3.05, 3.63) is 24.0 Å². The molecular formula is C13H21N3O2. The summed E-state index contributed by atoms with van der Waals surface area (Å²) in [6, 6.07) is 0. The third-order valence-corrected chi connectivity index (χ3v) is 2.77. The molecule has 1 heterocycles. The molecule has 0 aromatic carbocycles. The van der Waals surface area contributed by atoms with E-state index >= 15 is 0 Å². The standard InChI is InChI=1S/C13H21N3O2/c1-5-7-10(3)9-16-11(4)12(14-15-16)13(17)18-8-6-2/h6,10H,2,5,7-9H2,1,3-4H3. The van der Waals surface area contributed by atoms with Crippen molar-refractivity contribution < 1.29 is 9.53 Å². The summed E-state index contributed by atoms with van der Waals surface area (Å²) in [7, 11) is 0. The van der Waals surface area contributed by atoms with Gasteiger partial charge in [0.2, 0.25) is 0 Å². The summed E-state index contributed by atoms with van der Waals surface area (Å²) in [5, 5.41) is 7.89. The molecule has 0 bridgehead atoms. The summed E-state index contributed by atoms with van der Waals surface area (Å²) in [5.74, 6) is 0.0780. The van der Waals surface area contributed by atoms with Crippen LogP contribution in [-0.4, -0.2) is 27.6 Å². The number of ether oxygens (including phenoxy) is 1. The Morgan fingerprint density at radius 1 is 1.61 bits per heavy atom. The fraction of sp³-hybridized carbons (Fsp3) is 0.615. The number of nitrogens with zero attached hydrogens (tertiary/aromatic N) is 3. The predicted molar refractivity (Wildman–Crippen MR) is 69.3 cm³/mol. The average molecular weight is 251 g/mol. The van der Waals surface area contributed by atoms with E-state index in [1.54, 1.807) is 4.68 Å². The Morgan fingerprint density at radius 2 is 2.33 bits per heavy atom. The van der Waals surface area contributed by atoms with Crippen molar-refractivity contribution in [2.24, 2.45) is 5.92 Å². The van der Waals surface area contributed by atoms with Gasteiger partial charge in [0.15, 0.2) is 5.69 Å². The number of carbonyl (C=O) groups is 1. The molecule has 0 aliphatic rings. The van der Waals surface area contributed by atoms with Gasteiger partial charge in [-0.15, -0.1) is 5.10 Å². The van der Waals surface area contributed by atoms with Crippen LogP contribution in [0.3, 0.4) is 0 Å². The van der Waals surface area contributed by atoms with Gasteiger partial charge in [0.1, 0.15) is 6.61 Å². The van der Waals surface area contributed by atoms with Crippen LogP contribution < -0.4 is 0 Å². The fourth-order valence-corrected chi connectivity index (χ4v) is 1.80. The Hall–Kier alpha value is -1.65. The van der Waals surface area contributed by atoms with Gasteiger partial charge in [0.05, 0.1) is 5.69 Å². The molecule has 5 nitrogen and oxygen atoms in total. The average Bonchev–Trinajstić information content (AvgIpc) is 2.68. The highest BCUT2D eigenvalue weighted by atomic mass is 16.5. The second kappa shape index (κ2) is 6.93. The first-order valence-corrected chi connectivity index (χ1v) is 6.28. The molecule has 1 aromatic rings. The molecule has 0 aliphatic heterocycles. The third-order valence-electron chi connectivity index (χ3n) is 2.77. The lowest BCUT2D eigenvalue weighted by molar-refractivity contribution is 0.0542. The summed E-state index contributed by atoms with van der Waals surface area (Å²) >= 11 is 0. The van der Waals surface area contributed by atoms with Crippen molar-refractivity contribution in [3.63, 3.8) is 0 Å². The van der Waals surface area contributed by atoms with Crippen molar-refractivity contribution >= 4 is 5.97 Å². The Kier molecular flexibility index (Phi) is 5.55. The number of rotatable bonds is 7. The first kappa shape index (κ1) is 14.4. The van der Waals surface area contributed by atoms with E-state index in [1.165, 1.54) is 6.08 Å². The molecular weight excluding hydrogens is 230 g/mol. The van der Waals surface area contributed by atoms with E-state index < -0.39 is 5.97 Å². The van der Waals surface area contributed by atoms with E-state index in [0.29, 0.717) is 11.6 Å². The van der Waals surface area contributed by atoms with E-state index in [4.69, 9.17) is 4.74 Å². The minimum Gasteiger partial charge on any atom is -0.457 e. The molecule has 0 radical (unpaired) electrons. The number of carbonyl (C=O) groups excluding carboxylic acids is 1. The number of esters is 1. The normalized spacial score (nSPS) is 12.2. The molecule has 1 unspecified atom stereocenters. The van der Waals surface area contributed by atoms with Crippen molar-refractivity contribution in [1.29, 1.82) is 0 Å². The van der Waals surface area contributed by atoms with Crippen LogP contribution in [-0.2, 0) is 11.3 Å². The summed E-state index contributed by atoms with van der Waals surface area (Å²) in [4.78, 5) is 11.7. The van der Waals surface area contributed by atoms with Gasteiger partial charge in [-0.2, -0.15) is 0 Å². The lowest BCUT2D eigenvalue weighted by atomic mass is 10.1. The van der Waals surface area contributed by atoms with Crippen LogP contribution in [0.2, 0.25) is 0 Å². The maximum atomic E-state index is 11.7. The molecule has 0 fully saturated rings. The highest BCUT2D eigenvalue weighted by molar-refractivity contribution is 5.88. The predicted octanol–water partition coefficient (Wildman–Crippen LogP) is 2.37. The molecule has 1 atom stereocenters. The van der Waals surface area contributed by atoms with Crippen molar-refractivity contribution in [3.8, 4) is 0 Å². The smallest absolute Gasteiger partial charge is 0.361 e. The molecule has 1 rings (SSSR count). The second-order valence-corrected chi connectivity index (χ2v) is 4.49. The Labute approximate surface area is 108 Å². The van der Waals surface area contributed by atoms with Crippen LogP contribution in [0.25, 0.3) is 0 Å². The van der Waals surface area contributed by atoms with E-state index in [2.05, 4.69) is 30.7 Å². The lowest BCUT2D eigenvalue weighted by Gasteiger charge is -2.10. The molecule has 0 saturated heterocycles. The molecule has 1 aromatic heterocycles. The molecule has 5 heteroatoms. The first-order valence-electron chi connectivity index (χ1n) is 6.28. The molecule has 0 N–H and O–H groups in total. The maximum absolute atomic E-state index is 11.7. The topological polar surface area (TPSA) is 57.0 Å². The highest BCUT2D eigenvalue weighted by Crippen LogP contribution is 2.11. The Balaban J connectivity index is 2.71. The van der Waals surface area contributed by atoms with Crippen LogP contribution in [0, 0.1) is 12.8 Å². The summed E-state index contributed by atoms with van der Waals surface area (Å²) in [5.41, 5.74) is 1.05. The molecule has 0 saturated carbocycles. The quantitative estimate of drug-likeness (QED) is 0.551. The van der Waals surface area contributed by atoms with Gasteiger partial charge in [-0.1, -0.05) is 38.1 Å². The molecule has 100 valence electrons. The van der Waals surface area contributed by atoms with E-state index in [1.807, 2.05) is 6.92 Å². The van der Waals surface area contributed by atoms with Crippen LogP contribution >= 0.6 is 0 Å². The van der Waals surface area contributed by atoms with Gasteiger partial charge in [-0.25, -0.2) is 9.48 Å². The zero-order valence-corrected chi connectivity index (χ0v) is 11.3. The SMILES string of the molecule is C=CCOC(=O)c1nnn(CC(C)CCC)c1C. The van der Waals surface area contributed by atoms with Crippen LogP contribution in [0.5, 0.6) is 0 Å². The minimum atomic E-state index is -0.443. The van der Waals surface area contributed by atoms with E-state index in [9.17, 15) is 4.79 Å². The third kappa shape index (κ3) is 3.68. The first-order chi connectivity index (χ1) is 8.60. The van der Waals surface area contributed by atoms with Gasteiger partial charge >= 0.3 is 5.97 Å². The van der Waals surface area contributed by atoms with Crippen molar-refractivity contribution in [1.82, 2.24) is 15.0 Å². The van der Waals surface area contributed by atoms with Gasteiger partial charge < -0.3 is 4.74 Å². The summed E-state index contributed by atoms with van der Waals surface area (Å²) in [6.45, 7) is 10.6. The summed E-state index contributed by atoms with van der Waals surface area (Å²) in [6.07, 6.45) is 3.81. The monoisotopic (exact) mass is 251 g/mol. The van der Waals surface area contributed by atoms with Gasteiger partial charge in [0.25, 0.3) is 0 Å². The molecule has 0 amide bonds. The van der Waals surface area contributed by atoms with Crippen LogP contribution in [0.4, 0.5) is 0 Å². The van der Waals surface area contributed by atoms with Crippen LogP contribution in [0.1, 0.15) is 42.9 Å². The number of hydrogen-bond acceptors (Lipinski definition) is 4. The van der Waals surface area contributed by atoms with E-state index in [0.717, 1.165) is 25.1 Å². The highest BCUT2D eigenvalue weighted by Gasteiger charge is 2.18. The number of hydrogen-bond donors (Lipinski definition) is 0. The van der Waals surface area contributed by atoms with Gasteiger partial charge in [-0.05, 0) is 19.3 Å². The van der Waals surface area contributed by atoms with Crippen LogP contribution in [0.15, 0.2) is 12.7 Å². The zero-order chi connectivity index (χ0) is 13.5.